The van der Waals surface area contributed by atoms with Gasteiger partial charge in [-0.05, 0) is 26.0 Å². The molecule has 148 valence electrons. The molecule has 3 aromatic rings. The van der Waals surface area contributed by atoms with E-state index in [0.717, 1.165) is 11.3 Å². The van der Waals surface area contributed by atoms with Crippen LogP contribution in [0.5, 0.6) is 0 Å². The van der Waals surface area contributed by atoms with Crippen LogP contribution in [-0.4, -0.2) is 26.1 Å². The predicted octanol–water partition coefficient (Wildman–Crippen LogP) is 4.88. The maximum absolute atomic E-state index is 13.1. The Morgan fingerprint density at radius 3 is 2.46 bits per heavy atom. The number of thiazole rings is 1. The molecule has 0 saturated carbocycles. The van der Waals surface area contributed by atoms with Crippen molar-refractivity contribution in [1.82, 2.24) is 21.1 Å². The summed E-state index contributed by atoms with van der Waals surface area (Å²) in [6.45, 7) is 3.10. The molecule has 0 atom stereocenters. The molecular formula is C17H16F3N5O2S. The summed E-state index contributed by atoms with van der Waals surface area (Å²) in [5.74, 6) is -0.504. The van der Waals surface area contributed by atoms with Gasteiger partial charge in [-0.15, -0.1) is 11.3 Å². The summed E-state index contributed by atoms with van der Waals surface area (Å²) < 4.78 is 39.4. The van der Waals surface area contributed by atoms with Gasteiger partial charge >= 0.3 is 6.18 Å². The second-order valence-corrected chi connectivity index (χ2v) is 6.88. The van der Waals surface area contributed by atoms with Crippen LogP contribution in [0.2, 0.25) is 0 Å². The summed E-state index contributed by atoms with van der Waals surface area (Å²) in [7, 11) is 0. The van der Waals surface area contributed by atoms with Crippen molar-refractivity contribution < 1.29 is 23.3 Å². The molecule has 0 fully saturated rings. The van der Waals surface area contributed by atoms with Gasteiger partial charge in [-0.2, -0.15) is 13.2 Å². The van der Waals surface area contributed by atoms with Crippen LogP contribution < -0.4 is 6.15 Å². The summed E-state index contributed by atoms with van der Waals surface area (Å²) in [5.41, 5.74) is 1.38. The Morgan fingerprint density at radius 1 is 1.14 bits per heavy atom. The average molecular weight is 411 g/mol. The van der Waals surface area contributed by atoms with Gasteiger partial charge in [0.25, 0.3) is 5.90 Å². The summed E-state index contributed by atoms with van der Waals surface area (Å²) in [4.78, 5) is 16.0. The third-order valence-electron chi connectivity index (χ3n) is 3.74. The zero-order valence-corrected chi connectivity index (χ0v) is 15.6. The van der Waals surface area contributed by atoms with Crippen molar-refractivity contribution in [3.8, 4) is 21.7 Å². The fourth-order valence-electron chi connectivity index (χ4n) is 2.51. The lowest BCUT2D eigenvalue weighted by Gasteiger charge is -2.09. The summed E-state index contributed by atoms with van der Waals surface area (Å²) >= 11 is 0.941. The minimum atomic E-state index is -4.53. The van der Waals surface area contributed by atoms with Gasteiger partial charge in [0.1, 0.15) is 5.01 Å². The number of rotatable bonds is 3. The molecule has 0 spiro atoms. The molecule has 3 heterocycles. The Hall–Kier alpha value is -2.89. The van der Waals surface area contributed by atoms with E-state index < -0.39 is 17.8 Å². The lowest BCUT2D eigenvalue weighted by atomic mass is 10.0. The van der Waals surface area contributed by atoms with Crippen LogP contribution in [0.15, 0.2) is 30.7 Å². The minimum Gasteiger partial charge on any atom is -0.344 e. The number of alkyl halides is 3. The molecule has 0 amide bonds. The number of halogens is 3. The van der Waals surface area contributed by atoms with Crippen molar-refractivity contribution in [3.05, 3.63) is 52.6 Å². The van der Waals surface area contributed by atoms with Crippen LogP contribution in [-0.2, 0) is 11.1 Å². The van der Waals surface area contributed by atoms with Gasteiger partial charge in [0.2, 0.25) is 0 Å². The number of hydrogen-bond donors (Lipinski definition) is 3. The molecule has 7 nitrogen and oxygen atoms in total. The first-order valence-corrected chi connectivity index (χ1v) is 8.39. The van der Waals surface area contributed by atoms with Crippen molar-refractivity contribution in [3.63, 3.8) is 0 Å². The molecule has 3 rings (SSSR count). The van der Waals surface area contributed by atoms with Gasteiger partial charge < -0.3 is 11.0 Å². The monoisotopic (exact) mass is 411 g/mol. The first-order chi connectivity index (χ1) is 12.7. The van der Waals surface area contributed by atoms with Gasteiger partial charge in [0.15, 0.2) is 5.69 Å². The molecule has 0 unspecified atom stereocenters. The molecule has 11 heteroatoms. The van der Waals surface area contributed by atoms with E-state index in [9.17, 15) is 13.2 Å². The fraction of sp³-hybridized carbons (Fsp3) is 0.176. The van der Waals surface area contributed by atoms with E-state index in [0.29, 0.717) is 22.4 Å². The summed E-state index contributed by atoms with van der Waals surface area (Å²) in [6, 6.07) is 3.17. The molecule has 0 aromatic carbocycles. The lowest BCUT2D eigenvalue weighted by molar-refractivity contribution is -0.154. The molecule has 0 aliphatic heterocycles. The van der Waals surface area contributed by atoms with Crippen molar-refractivity contribution in [2.75, 3.05) is 0 Å². The topological polar surface area (TPSA) is 127 Å². The van der Waals surface area contributed by atoms with E-state index in [1.807, 2.05) is 0 Å². The molecule has 3 aromatic heterocycles. The van der Waals surface area contributed by atoms with E-state index in [1.54, 1.807) is 13.0 Å². The van der Waals surface area contributed by atoms with Gasteiger partial charge in [0.05, 0.1) is 5.56 Å². The molecule has 0 aliphatic rings. The molecule has 28 heavy (non-hydrogen) atoms. The smallest absolute Gasteiger partial charge is 0.344 e. The Morgan fingerprint density at radius 2 is 1.86 bits per heavy atom. The highest BCUT2D eigenvalue weighted by molar-refractivity contribution is 7.15. The highest BCUT2D eigenvalue weighted by atomic mass is 32.1. The number of nitrogens with one attached hydrogen (secondary N) is 1. The quantitative estimate of drug-likeness (QED) is 0.244. The largest absolute Gasteiger partial charge is 0.434 e. The second-order valence-electron chi connectivity index (χ2n) is 5.68. The third kappa shape index (κ3) is 4.16. The van der Waals surface area contributed by atoms with Crippen molar-refractivity contribution >= 4 is 17.2 Å². The molecule has 0 aliphatic carbocycles. The second kappa shape index (κ2) is 8.00. The number of hydrogen-bond acceptors (Lipinski definition) is 8. The summed E-state index contributed by atoms with van der Waals surface area (Å²) in [6.07, 6.45) is -0.220. The normalized spacial score (nSPS) is 11.1. The number of pyridine rings is 2. The third-order valence-corrected chi connectivity index (χ3v) is 4.74. The van der Waals surface area contributed by atoms with Crippen LogP contribution in [0.3, 0.4) is 0 Å². The van der Waals surface area contributed by atoms with Gasteiger partial charge in [-0.1, -0.05) is 0 Å². The SMILES string of the molecule is Cc1cc(-c2nc(C(F)(F)F)c(C)s2)c(-c2cncc(C(=N)OO)c2)cn1.N. The van der Waals surface area contributed by atoms with Crippen LogP contribution in [0.4, 0.5) is 13.2 Å². The van der Waals surface area contributed by atoms with Crippen molar-refractivity contribution in [1.29, 1.82) is 5.41 Å². The summed E-state index contributed by atoms with van der Waals surface area (Å²) in [5, 5.41) is 16.4. The van der Waals surface area contributed by atoms with E-state index in [2.05, 4.69) is 19.8 Å². The first kappa shape index (κ1) is 21.4. The molecule has 0 bridgehead atoms. The first-order valence-electron chi connectivity index (χ1n) is 7.58. The van der Waals surface area contributed by atoms with Crippen LogP contribution >= 0.6 is 11.3 Å². The predicted molar refractivity (Wildman–Crippen MR) is 98.6 cm³/mol. The molecular weight excluding hydrogens is 395 g/mol. The van der Waals surface area contributed by atoms with Crippen LogP contribution in [0.25, 0.3) is 21.7 Å². The number of aryl methyl sites for hydroxylation is 2. The minimum absolute atomic E-state index is 0. The Balaban J connectivity index is 0.00000280. The van der Waals surface area contributed by atoms with Gasteiger partial charge in [-0.25, -0.2) is 10.2 Å². The Kier molecular flexibility index (Phi) is 6.12. The zero-order chi connectivity index (χ0) is 19.8. The van der Waals surface area contributed by atoms with Crippen LogP contribution in [0.1, 0.15) is 21.8 Å². The molecule has 0 radical (unpaired) electrons. The van der Waals surface area contributed by atoms with Gasteiger partial charge in [-0.3, -0.25) is 15.4 Å². The van der Waals surface area contributed by atoms with Crippen molar-refractivity contribution in [2.45, 2.75) is 20.0 Å². The van der Waals surface area contributed by atoms with E-state index in [4.69, 9.17) is 10.7 Å². The lowest BCUT2D eigenvalue weighted by Crippen LogP contribution is -2.07. The van der Waals surface area contributed by atoms with E-state index >= 15 is 0 Å². The molecule has 0 saturated heterocycles. The van der Waals surface area contributed by atoms with Crippen LogP contribution in [0, 0.1) is 19.3 Å². The highest BCUT2D eigenvalue weighted by Crippen LogP contribution is 2.40. The zero-order valence-electron chi connectivity index (χ0n) is 14.8. The Bertz CT molecular complexity index is 1020. The van der Waals surface area contributed by atoms with E-state index in [-0.39, 0.29) is 21.6 Å². The maximum atomic E-state index is 13.1. The number of nitrogens with zero attached hydrogens (tertiary/aromatic N) is 3. The fourth-order valence-corrected chi connectivity index (χ4v) is 3.47. The standard InChI is InChI=1S/C17H13F3N4O2S.H3N/c1-8-3-12(16-24-14(9(2)27-16)17(18,19)20)13(7-23-8)10-4-11(6-22-5-10)15(21)26-25;/h3-7,21,25H,1-2H3;1H3. The average Bonchev–Trinajstić information content (AvgIpc) is 3.03. The van der Waals surface area contributed by atoms with E-state index in [1.165, 1.54) is 31.6 Å². The Labute approximate surface area is 161 Å². The molecule has 5 N–H and O–H groups in total. The van der Waals surface area contributed by atoms with Crippen molar-refractivity contribution in [2.24, 2.45) is 0 Å². The van der Waals surface area contributed by atoms with Gasteiger partial charge in [0, 0.05) is 45.9 Å². The highest BCUT2D eigenvalue weighted by Gasteiger charge is 2.36. The number of aromatic nitrogens is 3. The maximum Gasteiger partial charge on any atom is 0.434 e.